The minimum Gasteiger partial charge on any atom is -0.464 e. The predicted octanol–water partition coefficient (Wildman–Crippen LogP) is 2.29. The van der Waals surface area contributed by atoms with Crippen molar-refractivity contribution in [3.8, 4) is 0 Å². The summed E-state index contributed by atoms with van der Waals surface area (Å²) in [4.78, 5) is 40.0. The molecule has 1 aromatic rings. The van der Waals surface area contributed by atoms with Crippen LogP contribution in [0.2, 0.25) is 0 Å². The van der Waals surface area contributed by atoms with E-state index in [4.69, 9.17) is 9.47 Å². The third-order valence-electron chi connectivity index (χ3n) is 5.48. The first-order chi connectivity index (χ1) is 13.2. The lowest BCUT2D eigenvalue weighted by atomic mass is 9.68. The van der Waals surface area contributed by atoms with Crippen LogP contribution >= 0.6 is 0 Å². The number of para-hydroxylation sites is 1. The van der Waals surface area contributed by atoms with Gasteiger partial charge in [-0.05, 0) is 45.7 Å². The van der Waals surface area contributed by atoms with Crippen molar-refractivity contribution in [3.05, 3.63) is 29.8 Å². The van der Waals surface area contributed by atoms with Crippen molar-refractivity contribution in [3.63, 3.8) is 0 Å². The Balaban J connectivity index is 1.75. The van der Waals surface area contributed by atoms with Crippen LogP contribution in [0.25, 0.3) is 0 Å². The number of nitrogens with zero attached hydrogens (tertiary/aromatic N) is 2. The summed E-state index contributed by atoms with van der Waals surface area (Å²) < 4.78 is 10.8. The summed E-state index contributed by atoms with van der Waals surface area (Å²) in [6.07, 6.45) is 0.158. The molecule has 0 saturated carbocycles. The topological polar surface area (TPSA) is 88.2 Å². The highest BCUT2D eigenvalue weighted by Gasteiger charge is 2.76. The van der Waals surface area contributed by atoms with Crippen molar-refractivity contribution in [1.82, 2.24) is 10.4 Å². The van der Waals surface area contributed by atoms with Gasteiger partial charge in [-0.15, -0.1) is 0 Å². The first-order valence-electron chi connectivity index (χ1n) is 9.59. The third kappa shape index (κ3) is 2.44. The van der Waals surface area contributed by atoms with Crippen molar-refractivity contribution >= 4 is 23.7 Å². The number of esters is 1. The largest absolute Gasteiger partial charge is 0.464 e. The van der Waals surface area contributed by atoms with Gasteiger partial charge in [0.25, 0.3) is 0 Å². The van der Waals surface area contributed by atoms with Gasteiger partial charge in [0.05, 0.1) is 24.4 Å². The van der Waals surface area contributed by atoms with Gasteiger partial charge < -0.3 is 9.47 Å². The van der Waals surface area contributed by atoms with Gasteiger partial charge in [0.1, 0.15) is 5.60 Å². The second-order valence-corrected chi connectivity index (χ2v) is 8.31. The minimum atomic E-state index is -1.15. The Kier molecular flexibility index (Phi) is 4.15. The first kappa shape index (κ1) is 18.7. The first-order valence-corrected chi connectivity index (χ1v) is 9.59. The SMILES string of the molecule is CCOC(=O)[C@]12[C@@H]3CCC(=O)N1c1ccccc1[C@H]2N3NC(=O)OC(C)(C)C. The number of nitrogens with one attached hydrogen (secondary N) is 1. The fourth-order valence-corrected chi connectivity index (χ4v) is 4.69. The Morgan fingerprint density at radius 3 is 2.68 bits per heavy atom. The fourth-order valence-electron chi connectivity index (χ4n) is 4.69. The number of hydrazine groups is 1. The van der Waals surface area contributed by atoms with Gasteiger partial charge in [0.15, 0.2) is 5.54 Å². The van der Waals surface area contributed by atoms with Crippen LogP contribution in [0.15, 0.2) is 24.3 Å². The second kappa shape index (κ2) is 6.20. The zero-order valence-electron chi connectivity index (χ0n) is 16.5. The Morgan fingerprint density at radius 1 is 1.29 bits per heavy atom. The van der Waals surface area contributed by atoms with E-state index in [1.807, 2.05) is 24.3 Å². The molecule has 0 radical (unpaired) electrons. The highest BCUT2D eigenvalue weighted by molar-refractivity contribution is 6.08. The van der Waals surface area contributed by atoms with Gasteiger partial charge in [-0.3, -0.25) is 15.1 Å². The van der Waals surface area contributed by atoms with E-state index in [0.717, 1.165) is 5.56 Å². The Hall–Kier alpha value is -2.61. The molecule has 0 unspecified atom stereocenters. The molecule has 3 heterocycles. The van der Waals surface area contributed by atoms with Crippen LogP contribution in [0.4, 0.5) is 10.5 Å². The van der Waals surface area contributed by atoms with Crippen LogP contribution < -0.4 is 10.3 Å². The molecule has 2 fully saturated rings. The Labute approximate surface area is 163 Å². The molecule has 3 aliphatic rings. The van der Waals surface area contributed by atoms with Crippen LogP contribution in [0, 0.1) is 0 Å². The van der Waals surface area contributed by atoms with Gasteiger partial charge in [-0.2, -0.15) is 0 Å². The predicted molar refractivity (Wildman–Crippen MR) is 100 cm³/mol. The Bertz CT molecular complexity index is 848. The fraction of sp³-hybridized carbons (Fsp3) is 0.550. The maximum Gasteiger partial charge on any atom is 0.422 e. The zero-order valence-corrected chi connectivity index (χ0v) is 16.5. The molecule has 1 N–H and O–H groups in total. The second-order valence-electron chi connectivity index (χ2n) is 8.31. The van der Waals surface area contributed by atoms with Gasteiger partial charge >= 0.3 is 12.1 Å². The van der Waals surface area contributed by atoms with E-state index in [-0.39, 0.29) is 18.6 Å². The monoisotopic (exact) mass is 387 g/mol. The highest BCUT2D eigenvalue weighted by atomic mass is 16.6. The molecular weight excluding hydrogens is 362 g/mol. The maximum atomic E-state index is 13.1. The third-order valence-corrected chi connectivity index (χ3v) is 5.48. The molecule has 8 nitrogen and oxygen atoms in total. The lowest BCUT2D eigenvalue weighted by molar-refractivity contribution is -0.185. The van der Waals surface area contributed by atoms with Crippen LogP contribution in [0.1, 0.15) is 52.1 Å². The summed E-state index contributed by atoms with van der Waals surface area (Å²) in [5.41, 5.74) is 2.53. The number of rotatable bonds is 3. The lowest BCUT2D eigenvalue weighted by Gasteiger charge is -2.62. The molecule has 8 heteroatoms. The lowest BCUT2D eigenvalue weighted by Crippen LogP contribution is -2.84. The number of fused-ring (bicyclic) bond motifs is 3. The number of ether oxygens (including phenoxy) is 2. The number of hydrogen-bond donors (Lipinski definition) is 1. The summed E-state index contributed by atoms with van der Waals surface area (Å²) in [6.45, 7) is 7.33. The van der Waals surface area contributed by atoms with Gasteiger partial charge in [-0.25, -0.2) is 14.6 Å². The molecule has 0 aliphatic carbocycles. The number of benzene rings is 1. The molecule has 3 atom stereocenters. The molecule has 2 saturated heterocycles. The van der Waals surface area contributed by atoms with Gasteiger partial charge in [0.2, 0.25) is 5.91 Å². The smallest absolute Gasteiger partial charge is 0.422 e. The van der Waals surface area contributed by atoms with Crippen LogP contribution in [0.3, 0.4) is 0 Å². The van der Waals surface area contributed by atoms with E-state index in [1.54, 1.807) is 37.6 Å². The number of piperidine rings is 1. The number of anilines is 1. The van der Waals surface area contributed by atoms with E-state index in [2.05, 4.69) is 5.43 Å². The van der Waals surface area contributed by atoms with E-state index in [1.165, 1.54) is 0 Å². The standard InChI is InChI=1S/C20H25N3O5/c1-5-27-17(25)20-14-10-11-15(24)22(20)13-9-7-6-8-12(13)16(20)23(14)21-18(26)28-19(2,3)4/h6-9,14,16H,5,10-11H2,1-4H3,(H,21,26)/t14-,16+,20+/m0/s1. The summed E-state index contributed by atoms with van der Waals surface area (Å²) >= 11 is 0. The van der Waals surface area contributed by atoms with E-state index in [0.29, 0.717) is 18.5 Å². The minimum absolute atomic E-state index is 0.101. The molecule has 0 bridgehead atoms. The summed E-state index contributed by atoms with van der Waals surface area (Å²) in [7, 11) is 0. The average molecular weight is 387 g/mol. The van der Waals surface area contributed by atoms with Crippen LogP contribution in [-0.4, -0.2) is 46.8 Å². The summed E-state index contributed by atoms with van der Waals surface area (Å²) in [6, 6.07) is 6.52. The maximum absolute atomic E-state index is 13.1. The van der Waals surface area contributed by atoms with Crippen molar-refractivity contribution in [2.75, 3.05) is 11.5 Å². The van der Waals surface area contributed by atoms with Crippen molar-refractivity contribution in [2.24, 2.45) is 0 Å². The van der Waals surface area contributed by atoms with E-state index < -0.39 is 29.2 Å². The zero-order chi connectivity index (χ0) is 20.3. The van der Waals surface area contributed by atoms with Gasteiger partial charge in [-0.1, -0.05) is 18.2 Å². The normalized spacial score (nSPS) is 28.1. The molecule has 4 rings (SSSR count). The average Bonchev–Trinajstić information content (AvgIpc) is 2.89. The Morgan fingerprint density at radius 2 is 2.00 bits per heavy atom. The van der Waals surface area contributed by atoms with Crippen molar-refractivity contribution < 1.29 is 23.9 Å². The molecule has 2 amide bonds. The van der Waals surface area contributed by atoms with E-state index >= 15 is 0 Å². The molecule has 150 valence electrons. The number of hydrogen-bond acceptors (Lipinski definition) is 6. The molecular formula is C20H25N3O5. The van der Waals surface area contributed by atoms with Crippen LogP contribution in [0.5, 0.6) is 0 Å². The summed E-state index contributed by atoms with van der Waals surface area (Å²) in [5, 5.41) is 1.75. The van der Waals surface area contributed by atoms with E-state index in [9.17, 15) is 14.4 Å². The van der Waals surface area contributed by atoms with Crippen molar-refractivity contribution in [2.45, 2.75) is 63.8 Å². The molecule has 3 aliphatic heterocycles. The quantitative estimate of drug-likeness (QED) is 0.801. The van der Waals surface area contributed by atoms with Crippen molar-refractivity contribution in [1.29, 1.82) is 0 Å². The highest BCUT2D eigenvalue weighted by Crippen LogP contribution is 2.62. The molecule has 1 aromatic carbocycles. The number of amides is 2. The summed E-state index contributed by atoms with van der Waals surface area (Å²) in [5.74, 6) is -0.535. The van der Waals surface area contributed by atoms with Crippen LogP contribution in [-0.2, 0) is 19.1 Å². The number of carbonyl (C=O) groups is 3. The molecule has 0 aromatic heterocycles. The van der Waals surface area contributed by atoms with Gasteiger partial charge in [0, 0.05) is 6.42 Å². The number of carbonyl (C=O) groups excluding carboxylic acids is 3. The molecule has 28 heavy (non-hydrogen) atoms. The molecule has 0 spiro atoms.